The molecule has 0 saturated carbocycles. The van der Waals surface area contributed by atoms with E-state index in [1.54, 1.807) is 7.11 Å². The van der Waals surface area contributed by atoms with E-state index in [0.717, 1.165) is 6.42 Å². The minimum absolute atomic E-state index is 0.0556. The van der Waals surface area contributed by atoms with Gasteiger partial charge in [-0.2, -0.15) is 0 Å². The van der Waals surface area contributed by atoms with E-state index < -0.39 is 0 Å². The summed E-state index contributed by atoms with van der Waals surface area (Å²) >= 11 is 0. The van der Waals surface area contributed by atoms with E-state index in [2.05, 4.69) is 18.2 Å². The van der Waals surface area contributed by atoms with Crippen molar-refractivity contribution in [3.05, 3.63) is 35.4 Å². The van der Waals surface area contributed by atoms with Crippen LogP contribution in [-0.4, -0.2) is 13.4 Å². The van der Waals surface area contributed by atoms with Crippen molar-refractivity contribution >= 4 is 0 Å². The molecule has 0 fully saturated rings. The van der Waals surface area contributed by atoms with Crippen LogP contribution in [0.4, 0.5) is 0 Å². The molecule has 0 radical (unpaired) electrons. The Balaban J connectivity index is 2.23. The Morgan fingerprint density at radius 1 is 1.33 bits per heavy atom. The van der Waals surface area contributed by atoms with Crippen molar-refractivity contribution in [2.75, 3.05) is 7.11 Å². The van der Waals surface area contributed by atoms with Gasteiger partial charge in [-0.15, -0.1) is 0 Å². The van der Waals surface area contributed by atoms with E-state index in [0.29, 0.717) is 6.61 Å². The molecule has 0 bridgehead atoms. The van der Waals surface area contributed by atoms with Gasteiger partial charge in [0.15, 0.2) is 6.29 Å². The monoisotopic (exact) mass is 164 g/mol. The van der Waals surface area contributed by atoms with Crippen LogP contribution in [0.1, 0.15) is 11.1 Å². The number of fused-ring (bicyclic) bond motifs is 1. The number of rotatable bonds is 1. The predicted molar refractivity (Wildman–Crippen MR) is 45.7 cm³/mol. The molecule has 0 unspecified atom stereocenters. The van der Waals surface area contributed by atoms with Crippen molar-refractivity contribution in [3.63, 3.8) is 0 Å². The number of ether oxygens (including phenoxy) is 2. The van der Waals surface area contributed by atoms with E-state index in [-0.39, 0.29) is 6.29 Å². The van der Waals surface area contributed by atoms with E-state index in [4.69, 9.17) is 9.47 Å². The molecule has 0 N–H and O–H groups in total. The van der Waals surface area contributed by atoms with Gasteiger partial charge in [0.25, 0.3) is 0 Å². The van der Waals surface area contributed by atoms with Crippen LogP contribution in [0.5, 0.6) is 0 Å². The maximum Gasteiger partial charge on any atom is 0.161 e. The lowest BCUT2D eigenvalue weighted by Crippen LogP contribution is -2.23. The molecule has 1 atom stereocenters. The standard InChI is InChI=1S/C10H12O2/c1-11-10-6-8-4-2-3-5-9(8)7-12-10/h2-5,10H,6-7H2,1H3/t10-/m1/s1. The molecular formula is C10H12O2. The molecule has 1 aliphatic heterocycles. The SMILES string of the molecule is CO[C@H]1Cc2ccccc2CO1. The van der Waals surface area contributed by atoms with Gasteiger partial charge >= 0.3 is 0 Å². The molecule has 2 rings (SSSR count). The van der Waals surface area contributed by atoms with E-state index in [1.165, 1.54) is 11.1 Å². The topological polar surface area (TPSA) is 18.5 Å². The summed E-state index contributed by atoms with van der Waals surface area (Å²) in [5, 5.41) is 0. The third-order valence-electron chi connectivity index (χ3n) is 2.19. The Morgan fingerprint density at radius 2 is 2.08 bits per heavy atom. The van der Waals surface area contributed by atoms with Crippen molar-refractivity contribution in [2.45, 2.75) is 19.3 Å². The zero-order valence-corrected chi connectivity index (χ0v) is 7.12. The number of methoxy groups -OCH3 is 1. The van der Waals surface area contributed by atoms with Crippen LogP contribution in [0.15, 0.2) is 24.3 Å². The van der Waals surface area contributed by atoms with Crippen LogP contribution in [0.3, 0.4) is 0 Å². The average molecular weight is 164 g/mol. The highest BCUT2D eigenvalue weighted by Gasteiger charge is 2.17. The van der Waals surface area contributed by atoms with E-state index >= 15 is 0 Å². The first-order valence-electron chi connectivity index (χ1n) is 4.11. The van der Waals surface area contributed by atoms with Crippen LogP contribution in [-0.2, 0) is 22.5 Å². The number of hydrogen-bond acceptors (Lipinski definition) is 2. The number of hydrogen-bond donors (Lipinski definition) is 0. The molecule has 0 aliphatic carbocycles. The molecule has 1 aromatic rings. The maximum atomic E-state index is 5.43. The zero-order valence-electron chi connectivity index (χ0n) is 7.12. The predicted octanol–water partition coefficient (Wildman–Crippen LogP) is 1.73. The second kappa shape index (κ2) is 3.25. The first-order chi connectivity index (χ1) is 5.90. The van der Waals surface area contributed by atoms with Crippen LogP contribution in [0, 0.1) is 0 Å². The summed E-state index contributed by atoms with van der Waals surface area (Å²) in [5.41, 5.74) is 2.63. The summed E-state index contributed by atoms with van der Waals surface area (Å²) in [7, 11) is 1.68. The third-order valence-corrected chi connectivity index (χ3v) is 2.19. The molecule has 1 heterocycles. The van der Waals surface area contributed by atoms with Crippen LogP contribution < -0.4 is 0 Å². The molecule has 2 nitrogen and oxygen atoms in total. The summed E-state index contributed by atoms with van der Waals surface area (Å²) in [6, 6.07) is 8.32. The average Bonchev–Trinajstić information content (AvgIpc) is 2.17. The third kappa shape index (κ3) is 1.36. The van der Waals surface area contributed by atoms with Crippen molar-refractivity contribution in [3.8, 4) is 0 Å². The van der Waals surface area contributed by atoms with Crippen molar-refractivity contribution in [1.29, 1.82) is 0 Å². The fourth-order valence-corrected chi connectivity index (χ4v) is 1.47. The first kappa shape index (κ1) is 7.77. The lowest BCUT2D eigenvalue weighted by molar-refractivity contribution is -0.137. The Hall–Kier alpha value is -0.860. The summed E-state index contributed by atoms with van der Waals surface area (Å²) in [6.07, 6.45) is 0.812. The molecule has 0 aromatic heterocycles. The van der Waals surface area contributed by atoms with Gasteiger partial charge in [0, 0.05) is 13.5 Å². The lowest BCUT2D eigenvalue weighted by Gasteiger charge is -2.23. The second-order valence-corrected chi connectivity index (χ2v) is 2.95. The quantitative estimate of drug-likeness (QED) is 0.629. The van der Waals surface area contributed by atoms with Crippen LogP contribution in [0.2, 0.25) is 0 Å². The first-order valence-corrected chi connectivity index (χ1v) is 4.11. The van der Waals surface area contributed by atoms with Gasteiger partial charge in [-0.25, -0.2) is 0 Å². The normalized spacial score (nSPS) is 21.9. The summed E-state index contributed by atoms with van der Waals surface area (Å²) in [6.45, 7) is 0.675. The largest absolute Gasteiger partial charge is 0.356 e. The number of benzene rings is 1. The minimum atomic E-state index is -0.0556. The molecule has 1 aromatic carbocycles. The minimum Gasteiger partial charge on any atom is -0.356 e. The molecule has 0 spiro atoms. The van der Waals surface area contributed by atoms with Gasteiger partial charge in [-0.3, -0.25) is 0 Å². The summed E-state index contributed by atoms with van der Waals surface area (Å²) < 4.78 is 10.6. The Kier molecular flexibility index (Phi) is 2.11. The van der Waals surface area contributed by atoms with Gasteiger partial charge in [0.2, 0.25) is 0 Å². The molecule has 1 aliphatic rings. The second-order valence-electron chi connectivity index (χ2n) is 2.95. The van der Waals surface area contributed by atoms with Crippen molar-refractivity contribution < 1.29 is 9.47 Å². The smallest absolute Gasteiger partial charge is 0.161 e. The Labute approximate surface area is 72.1 Å². The lowest BCUT2D eigenvalue weighted by atomic mass is 10.0. The summed E-state index contributed by atoms with van der Waals surface area (Å²) in [5.74, 6) is 0. The molecular weight excluding hydrogens is 152 g/mol. The Bertz CT molecular complexity index is 270. The highest BCUT2D eigenvalue weighted by molar-refractivity contribution is 5.28. The zero-order chi connectivity index (χ0) is 8.39. The van der Waals surface area contributed by atoms with Crippen LogP contribution in [0.25, 0.3) is 0 Å². The molecule has 64 valence electrons. The summed E-state index contributed by atoms with van der Waals surface area (Å²) in [4.78, 5) is 0. The Morgan fingerprint density at radius 3 is 2.83 bits per heavy atom. The molecule has 0 saturated heterocycles. The fraction of sp³-hybridized carbons (Fsp3) is 0.400. The molecule has 12 heavy (non-hydrogen) atoms. The molecule has 2 heteroatoms. The molecule has 0 amide bonds. The fourth-order valence-electron chi connectivity index (χ4n) is 1.47. The van der Waals surface area contributed by atoms with E-state index in [9.17, 15) is 0 Å². The van der Waals surface area contributed by atoms with Crippen LogP contribution >= 0.6 is 0 Å². The highest BCUT2D eigenvalue weighted by Crippen LogP contribution is 2.19. The van der Waals surface area contributed by atoms with Crippen molar-refractivity contribution in [1.82, 2.24) is 0 Å². The van der Waals surface area contributed by atoms with Gasteiger partial charge in [0.05, 0.1) is 6.61 Å². The maximum absolute atomic E-state index is 5.43. The van der Waals surface area contributed by atoms with Crippen molar-refractivity contribution in [2.24, 2.45) is 0 Å². The van der Waals surface area contributed by atoms with Gasteiger partial charge < -0.3 is 9.47 Å². The van der Waals surface area contributed by atoms with Gasteiger partial charge in [-0.05, 0) is 11.1 Å². The van der Waals surface area contributed by atoms with E-state index in [1.807, 2.05) is 6.07 Å². The van der Waals surface area contributed by atoms with Gasteiger partial charge in [-0.1, -0.05) is 24.3 Å². The highest BCUT2D eigenvalue weighted by atomic mass is 16.7. The van der Waals surface area contributed by atoms with Gasteiger partial charge in [0.1, 0.15) is 0 Å².